The van der Waals surface area contributed by atoms with Gasteiger partial charge in [-0.15, -0.1) is 0 Å². The van der Waals surface area contributed by atoms with Gasteiger partial charge in [0.25, 0.3) is 0 Å². The summed E-state index contributed by atoms with van der Waals surface area (Å²) in [6.07, 6.45) is -4.75. The van der Waals surface area contributed by atoms with Crippen LogP contribution >= 0.6 is 22.6 Å². The molecule has 0 aliphatic heterocycles. The summed E-state index contributed by atoms with van der Waals surface area (Å²) in [5, 5.41) is 10.1. The minimum Gasteiger partial charge on any atom is -0.388 e. The van der Waals surface area contributed by atoms with Gasteiger partial charge in [-0.2, -0.15) is 13.2 Å². The molecule has 2 rings (SSSR count). The highest BCUT2D eigenvalue weighted by Gasteiger charge is 2.29. The predicted molar refractivity (Wildman–Crippen MR) is 79.3 cm³/mol. The lowest BCUT2D eigenvalue weighted by Crippen LogP contribution is -2.06. The second-order valence-corrected chi connectivity index (χ2v) is 5.71. The summed E-state index contributed by atoms with van der Waals surface area (Å²) in [5.74, 6) is 0. The minimum absolute atomic E-state index is 0.290. The molecule has 0 fully saturated rings. The van der Waals surface area contributed by atoms with E-state index in [1.165, 1.54) is 12.1 Å². The topological polar surface area (TPSA) is 20.2 Å². The van der Waals surface area contributed by atoms with E-state index in [4.69, 9.17) is 0 Å². The second kappa shape index (κ2) is 6.13. The summed E-state index contributed by atoms with van der Waals surface area (Å²) in [6, 6.07) is 12.3. The summed E-state index contributed by atoms with van der Waals surface area (Å²) < 4.78 is 38.4. The van der Waals surface area contributed by atoms with Crippen molar-refractivity contribution < 1.29 is 18.3 Å². The van der Waals surface area contributed by atoms with Gasteiger partial charge in [-0.25, -0.2) is 0 Å². The molecule has 0 aliphatic rings. The highest BCUT2D eigenvalue weighted by Crippen LogP contribution is 2.29. The third kappa shape index (κ3) is 3.96. The molecule has 2 aromatic rings. The second-order valence-electron chi connectivity index (χ2n) is 4.47. The maximum Gasteiger partial charge on any atom is 0.416 e. The van der Waals surface area contributed by atoms with Crippen molar-refractivity contribution >= 4 is 22.6 Å². The normalized spacial score (nSPS) is 13.2. The molecule has 0 spiro atoms. The monoisotopic (exact) mass is 392 g/mol. The molecule has 20 heavy (non-hydrogen) atoms. The zero-order valence-electron chi connectivity index (χ0n) is 10.4. The Bertz CT molecular complexity index is 561. The van der Waals surface area contributed by atoms with Crippen molar-refractivity contribution in [2.24, 2.45) is 0 Å². The summed E-state index contributed by atoms with van der Waals surface area (Å²) in [4.78, 5) is 0. The number of hydrogen-bond acceptors (Lipinski definition) is 1. The fourth-order valence-electron chi connectivity index (χ4n) is 1.86. The van der Waals surface area contributed by atoms with E-state index < -0.39 is 17.8 Å². The zero-order valence-corrected chi connectivity index (χ0v) is 12.5. The van der Waals surface area contributed by atoms with Crippen molar-refractivity contribution in [2.75, 3.05) is 0 Å². The van der Waals surface area contributed by atoms with Gasteiger partial charge in [-0.05, 0) is 58.0 Å². The van der Waals surface area contributed by atoms with Crippen molar-refractivity contribution in [2.45, 2.75) is 18.7 Å². The van der Waals surface area contributed by atoms with E-state index in [2.05, 4.69) is 22.6 Å². The molecular formula is C15H12F3IO. The molecule has 1 nitrogen and oxygen atoms in total. The number of benzene rings is 2. The molecule has 0 bridgehead atoms. The van der Waals surface area contributed by atoms with Crippen LogP contribution in [0.5, 0.6) is 0 Å². The van der Waals surface area contributed by atoms with Gasteiger partial charge in [-0.1, -0.05) is 24.3 Å². The van der Waals surface area contributed by atoms with Gasteiger partial charge in [0.05, 0.1) is 11.7 Å². The third-order valence-electron chi connectivity index (χ3n) is 2.97. The van der Waals surface area contributed by atoms with Crippen LogP contribution in [0.15, 0.2) is 48.5 Å². The highest BCUT2D eigenvalue weighted by atomic mass is 127. The van der Waals surface area contributed by atoms with Crippen molar-refractivity contribution in [3.05, 3.63) is 68.8 Å². The molecule has 0 saturated heterocycles. The molecule has 1 unspecified atom stereocenters. The van der Waals surface area contributed by atoms with Gasteiger partial charge in [0.1, 0.15) is 0 Å². The average Bonchev–Trinajstić information content (AvgIpc) is 2.39. The Morgan fingerprint density at radius 3 is 2.00 bits per heavy atom. The number of rotatable bonds is 3. The maximum atomic E-state index is 12.4. The van der Waals surface area contributed by atoms with E-state index in [0.29, 0.717) is 12.0 Å². The Hall–Kier alpha value is -1.08. The first-order valence-corrected chi connectivity index (χ1v) is 7.04. The third-order valence-corrected chi connectivity index (χ3v) is 3.68. The number of aliphatic hydroxyl groups is 1. The van der Waals surface area contributed by atoms with Gasteiger partial charge in [0, 0.05) is 9.99 Å². The summed E-state index contributed by atoms with van der Waals surface area (Å²) in [7, 11) is 0. The maximum absolute atomic E-state index is 12.4. The number of halogens is 4. The fraction of sp³-hybridized carbons (Fsp3) is 0.200. The summed E-state index contributed by atoms with van der Waals surface area (Å²) in [6.45, 7) is 0. The SMILES string of the molecule is OC(Cc1ccc(C(F)(F)F)cc1)c1ccc(I)cc1. The van der Waals surface area contributed by atoms with Gasteiger partial charge < -0.3 is 5.11 Å². The predicted octanol–water partition coefficient (Wildman–Crippen LogP) is 4.59. The first kappa shape index (κ1) is 15.3. The Balaban J connectivity index is 2.08. The first-order valence-electron chi connectivity index (χ1n) is 5.96. The molecule has 1 N–H and O–H groups in total. The van der Waals surface area contributed by atoms with Crippen LogP contribution < -0.4 is 0 Å². The van der Waals surface area contributed by atoms with E-state index >= 15 is 0 Å². The molecule has 0 aromatic heterocycles. The van der Waals surface area contributed by atoms with E-state index in [9.17, 15) is 18.3 Å². The van der Waals surface area contributed by atoms with Crippen LogP contribution in [-0.2, 0) is 12.6 Å². The van der Waals surface area contributed by atoms with Crippen LogP contribution in [0, 0.1) is 3.57 Å². The van der Waals surface area contributed by atoms with Crippen molar-refractivity contribution in [3.8, 4) is 0 Å². The van der Waals surface area contributed by atoms with E-state index in [0.717, 1.165) is 21.3 Å². The number of hydrogen-bond donors (Lipinski definition) is 1. The van der Waals surface area contributed by atoms with Crippen molar-refractivity contribution in [1.29, 1.82) is 0 Å². The van der Waals surface area contributed by atoms with Gasteiger partial charge in [-0.3, -0.25) is 0 Å². The molecule has 1 atom stereocenters. The lowest BCUT2D eigenvalue weighted by molar-refractivity contribution is -0.137. The smallest absolute Gasteiger partial charge is 0.388 e. The van der Waals surface area contributed by atoms with Crippen molar-refractivity contribution in [1.82, 2.24) is 0 Å². The Labute approximate surface area is 128 Å². The minimum atomic E-state index is -4.33. The van der Waals surface area contributed by atoms with Crippen LogP contribution in [0.2, 0.25) is 0 Å². The molecule has 2 aromatic carbocycles. The van der Waals surface area contributed by atoms with E-state index in [1.54, 1.807) is 0 Å². The summed E-state index contributed by atoms with van der Waals surface area (Å²) in [5.41, 5.74) is 0.749. The van der Waals surface area contributed by atoms with Crippen molar-refractivity contribution in [3.63, 3.8) is 0 Å². The van der Waals surface area contributed by atoms with Gasteiger partial charge >= 0.3 is 6.18 Å². The Morgan fingerprint density at radius 1 is 0.950 bits per heavy atom. The average molecular weight is 392 g/mol. The molecule has 0 saturated carbocycles. The van der Waals surface area contributed by atoms with Crippen LogP contribution in [0.1, 0.15) is 22.8 Å². The van der Waals surface area contributed by atoms with Crippen LogP contribution in [0.25, 0.3) is 0 Å². The van der Waals surface area contributed by atoms with Crippen LogP contribution in [0.4, 0.5) is 13.2 Å². The summed E-state index contributed by atoms with van der Waals surface area (Å²) >= 11 is 2.17. The van der Waals surface area contributed by atoms with Gasteiger partial charge in [0.2, 0.25) is 0 Å². The number of alkyl halides is 3. The van der Waals surface area contributed by atoms with Gasteiger partial charge in [0.15, 0.2) is 0 Å². The Kier molecular flexibility index (Phi) is 4.70. The van der Waals surface area contributed by atoms with Crippen LogP contribution in [0.3, 0.4) is 0 Å². The lowest BCUT2D eigenvalue weighted by Gasteiger charge is -2.12. The van der Waals surface area contributed by atoms with E-state index in [1.807, 2.05) is 24.3 Å². The molecule has 106 valence electrons. The molecular weight excluding hydrogens is 380 g/mol. The largest absolute Gasteiger partial charge is 0.416 e. The standard InChI is InChI=1S/C15H12F3IO/c16-15(17,18)12-5-1-10(2-6-12)9-14(20)11-3-7-13(19)8-4-11/h1-8,14,20H,9H2. The number of aliphatic hydroxyl groups excluding tert-OH is 1. The molecule has 0 radical (unpaired) electrons. The molecule has 0 aliphatic carbocycles. The molecule has 0 amide bonds. The Morgan fingerprint density at radius 2 is 1.50 bits per heavy atom. The zero-order chi connectivity index (χ0) is 14.8. The lowest BCUT2D eigenvalue weighted by atomic mass is 10.0. The first-order chi connectivity index (χ1) is 9.36. The quantitative estimate of drug-likeness (QED) is 0.758. The molecule has 0 heterocycles. The highest BCUT2D eigenvalue weighted by molar-refractivity contribution is 14.1. The van der Waals surface area contributed by atoms with Crippen LogP contribution in [-0.4, -0.2) is 5.11 Å². The van der Waals surface area contributed by atoms with E-state index in [-0.39, 0.29) is 0 Å². The molecule has 5 heteroatoms. The fourth-order valence-corrected chi connectivity index (χ4v) is 2.22.